The van der Waals surface area contributed by atoms with Crippen LogP contribution in [0.25, 0.3) is 10.9 Å². The van der Waals surface area contributed by atoms with E-state index >= 15 is 0 Å². The van der Waals surface area contributed by atoms with Gasteiger partial charge in [0, 0.05) is 30.5 Å². The van der Waals surface area contributed by atoms with Gasteiger partial charge in [-0.1, -0.05) is 42.0 Å². The lowest BCUT2D eigenvalue weighted by Crippen LogP contribution is -2.03. The van der Waals surface area contributed by atoms with Crippen LogP contribution in [0.4, 0.5) is 0 Å². The predicted octanol–water partition coefficient (Wildman–Crippen LogP) is 6.88. The summed E-state index contributed by atoms with van der Waals surface area (Å²) in [5.41, 5.74) is 4.37. The zero-order valence-corrected chi connectivity index (χ0v) is 20.5. The molecule has 4 aromatic rings. The Morgan fingerprint density at radius 2 is 1.60 bits per heavy atom. The maximum absolute atomic E-state index is 12.5. The number of benzene rings is 3. The molecule has 180 valence electrons. The second-order valence-corrected chi connectivity index (χ2v) is 8.69. The molecule has 4 rings (SSSR count). The molecule has 0 amide bonds. The fourth-order valence-corrected chi connectivity index (χ4v) is 4.17. The fraction of sp³-hybridized carbons (Fsp3) is 0.267. The van der Waals surface area contributed by atoms with Crippen LogP contribution >= 0.6 is 0 Å². The maximum atomic E-state index is 12.5. The first-order valence-electron chi connectivity index (χ1n) is 11.9. The number of aryl methyl sites for hydroxylation is 2. The van der Waals surface area contributed by atoms with Crippen molar-refractivity contribution in [2.75, 3.05) is 14.2 Å². The Morgan fingerprint density at radius 3 is 2.34 bits per heavy atom. The normalized spacial score (nSPS) is 10.8. The van der Waals surface area contributed by atoms with Crippen LogP contribution in [0, 0.1) is 6.92 Å². The first-order chi connectivity index (χ1) is 17.1. The summed E-state index contributed by atoms with van der Waals surface area (Å²) in [4.78, 5) is 16.9. The summed E-state index contributed by atoms with van der Waals surface area (Å²) in [6.07, 6.45) is 5.72. The lowest BCUT2D eigenvalue weighted by Gasteiger charge is -2.12. The van der Waals surface area contributed by atoms with Gasteiger partial charge in [-0.25, -0.2) is 0 Å². The number of Topliss-reactive ketones (excluding diaryl/α,β-unsaturated/α-hetero) is 1. The Bertz CT molecular complexity index is 1300. The van der Waals surface area contributed by atoms with E-state index in [0.29, 0.717) is 35.8 Å². The maximum Gasteiger partial charge on any atom is 0.162 e. The van der Waals surface area contributed by atoms with Crippen molar-refractivity contribution in [3.8, 4) is 23.0 Å². The number of rotatable bonds is 11. The van der Waals surface area contributed by atoms with Gasteiger partial charge >= 0.3 is 0 Å². The molecule has 0 saturated heterocycles. The van der Waals surface area contributed by atoms with E-state index in [1.165, 1.54) is 11.1 Å². The van der Waals surface area contributed by atoms with Gasteiger partial charge in [0.2, 0.25) is 0 Å². The number of methoxy groups -OCH3 is 2. The molecule has 0 radical (unpaired) electrons. The van der Waals surface area contributed by atoms with Crippen LogP contribution in [0.2, 0.25) is 0 Å². The second-order valence-electron chi connectivity index (χ2n) is 8.69. The van der Waals surface area contributed by atoms with Gasteiger partial charge < -0.3 is 14.2 Å². The first kappa shape index (κ1) is 24.3. The molecule has 0 saturated carbocycles. The van der Waals surface area contributed by atoms with Crippen molar-refractivity contribution < 1.29 is 19.0 Å². The summed E-state index contributed by atoms with van der Waals surface area (Å²) in [7, 11) is 3.20. The highest BCUT2D eigenvalue weighted by Gasteiger charge is 2.12. The van der Waals surface area contributed by atoms with Crippen LogP contribution in [0.3, 0.4) is 0 Å². The number of hydrogen-bond donors (Lipinski definition) is 0. The van der Waals surface area contributed by atoms with E-state index in [1.54, 1.807) is 20.4 Å². The standard InChI is InChI=1S/C30H31NO4/c1-21-7-6-9-22(17-21)8-4-5-10-24(32)18-23-11-13-25(14-12-23)35-28-15-16-31-27-20-30(34-3)29(33-2)19-26(27)28/h6-7,9,11-17,19-20H,4-5,8,10,18H2,1-3H3. The number of unbranched alkanes of at least 4 members (excludes halogenated alkanes) is 1. The third-order valence-electron chi connectivity index (χ3n) is 6.01. The number of aromatic nitrogens is 1. The Labute approximate surface area is 206 Å². The van der Waals surface area contributed by atoms with Crippen molar-refractivity contribution >= 4 is 16.7 Å². The molecule has 1 aromatic heterocycles. The number of carbonyl (C=O) groups is 1. The van der Waals surface area contributed by atoms with Gasteiger partial charge in [-0.15, -0.1) is 0 Å². The molecule has 0 atom stereocenters. The summed E-state index contributed by atoms with van der Waals surface area (Å²) in [5, 5.41) is 0.829. The topological polar surface area (TPSA) is 57.7 Å². The largest absolute Gasteiger partial charge is 0.493 e. The number of hydrogen-bond acceptors (Lipinski definition) is 5. The first-order valence-corrected chi connectivity index (χ1v) is 11.9. The highest BCUT2D eigenvalue weighted by molar-refractivity contribution is 5.88. The van der Waals surface area contributed by atoms with Crippen LogP contribution in [-0.4, -0.2) is 25.0 Å². The molecular formula is C30H31NO4. The highest BCUT2D eigenvalue weighted by Crippen LogP contribution is 2.36. The Kier molecular flexibility index (Phi) is 7.99. The summed E-state index contributed by atoms with van der Waals surface area (Å²) in [5.74, 6) is 2.87. The van der Waals surface area contributed by atoms with Crippen LogP contribution in [-0.2, 0) is 17.6 Å². The van der Waals surface area contributed by atoms with Gasteiger partial charge in [-0.05, 0) is 61.6 Å². The van der Waals surface area contributed by atoms with E-state index in [0.717, 1.165) is 35.7 Å². The van der Waals surface area contributed by atoms with Gasteiger partial charge in [-0.3, -0.25) is 9.78 Å². The van der Waals surface area contributed by atoms with Gasteiger partial charge in [0.1, 0.15) is 17.3 Å². The quantitative estimate of drug-likeness (QED) is 0.224. The minimum Gasteiger partial charge on any atom is -0.493 e. The van der Waals surface area contributed by atoms with Gasteiger partial charge in [0.25, 0.3) is 0 Å². The Hall–Kier alpha value is -3.86. The van der Waals surface area contributed by atoms with E-state index < -0.39 is 0 Å². The van der Waals surface area contributed by atoms with E-state index in [2.05, 4.69) is 36.2 Å². The number of ketones is 1. The van der Waals surface area contributed by atoms with Crippen molar-refractivity contribution in [2.24, 2.45) is 0 Å². The van der Waals surface area contributed by atoms with Gasteiger partial charge in [0.05, 0.1) is 19.7 Å². The van der Waals surface area contributed by atoms with E-state index in [-0.39, 0.29) is 5.78 Å². The fourth-order valence-electron chi connectivity index (χ4n) is 4.17. The minimum atomic E-state index is 0.268. The smallest absolute Gasteiger partial charge is 0.162 e. The summed E-state index contributed by atoms with van der Waals surface area (Å²) >= 11 is 0. The molecule has 5 nitrogen and oxygen atoms in total. The number of carbonyl (C=O) groups excluding carboxylic acids is 1. The van der Waals surface area contributed by atoms with Crippen LogP contribution in [0.5, 0.6) is 23.0 Å². The van der Waals surface area contributed by atoms with Crippen molar-refractivity contribution in [2.45, 2.75) is 39.0 Å². The molecule has 0 aliphatic rings. The van der Waals surface area contributed by atoms with Crippen molar-refractivity contribution in [3.05, 3.63) is 89.6 Å². The average Bonchev–Trinajstić information content (AvgIpc) is 2.87. The number of pyridine rings is 1. The SMILES string of the molecule is COc1cc2nccc(Oc3ccc(CC(=O)CCCCc4cccc(C)c4)cc3)c2cc1OC. The molecule has 0 unspecified atom stereocenters. The molecule has 0 aliphatic carbocycles. The van der Waals surface area contributed by atoms with E-state index in [9.17, 15) is 4.79 Å². The number of nitrogens with zero attached hydrogens (tertiary/aromatic N) is 1. The lowest BCUT2D eigenvalue weighted by atomic mass is 10.0. The average molecular weight is 470 g/mol. The third-order valence-corrected chi connectivity index (χ3v) is 6.01. The molecule has 0 N–H and O–H groups in total. The number of ether oxygens (including phenoxy) is 3. The zero-order valence-electron chi connectivity index (χ0n) is 20.5. The van der Waals surface area contributed by atoms with Crippen LogP contribution < -0.4 is 14.2 Å². The molecule has 0 aliphatic heterocycles. The van der Waals surface area contributed by atoms with E-state index in [1.807, 2.05) is 42.5 Å². The zero-order chi connectivity index (χ0) is 24.6. The van der Waals surface area contributed by atoms with Crippen LogP contribution in [0.15, 0.2) is 72.9 Å². The number of fused-ring (bicyclic) bond motifs is 1. The highest BCUT2D eigenvalue weighted by atomic mass is 16.5. The molecule has 0 bridgehead atoms. The summed E-state index contributed by atoms with van der Waals surface area (Å²) in [6, 6.07) is 21.8. The molecule has 3 aromatic carbocycles. The Balaban J connectivity index is 1.32. The molecule has 1 heterocycles. The predicted molar refractivity (Wildman–Crippen MR) is 139 cm³/mol. The van der Waals surface area contributed by atoms with Crippen molar-refractivity contribution in [3.63, 3.8) is 0 Å². The Morgan fingerprint density at radius 1 is 0.829 bits per heavy atom. The van der Waals surface area contributed by atoms with E-state index in [4.69, 9.17) is 14.2 Å². The van der Waals surface area contributed by atoms with Crippen molar-refractivity contribution in [1.82, 2.24) is 4.98 Å². The van der Waals surface area contributed by atoms with Gasteiger partial charge in [-0.2, -0.15) is 0 Å². The summed E-state index contributed by atoms with van der Waals surface area (Å²) in [6.45, 7) is 2.11. The molecular weight excluding hydrogens is 438 g/mol. The molecule has 5 heteroatoms. The minimum absolute atomic E-state index is 0.268. The van der Waals surface area contributed by atoms with Crippen molar-refractivity contribution in [1.29, 1.82) is 0 Å². The monoisotopic (exact) mass is 469 g/mol. The second kappa shape index (κ2) is 11.5. The third kappa shape index (κ3) is 6.38. The van der Waals surface area contributed by atoms with Gasteiger partial charge in [0.15, 0.2) is 11.5 Å². The molecule has 0 spiro atoms. The van der Waals surface area contributed by atoms with Crippen LogP contribution in [0.1, 0.15) is 36.0 Å². The molecule has 35 heavy (non-hydrogen) atoms. The lowest BCUT2D eigenvalue weighted by molar-refractivity contribution is -0.118. The molecule has 0 fully saturated rings. The summed E-state index contributed by atoms with van der Waals surface area (Å²) < 4.78 is 16.9.